The van der Waals surface area contributed by atoms with E-state index >= 15 is 0 Å². The molecular weight excluding hydrogens is 525 g/mol. The van der Waals surface area contributed by atoms with Gasteiger partial charge in [-0.2, -0.15) is 0 Å². The molecule has 5 aromatic rings. The minimum absolute atomic E-state index is 0.217. The van der Waals surface area contributed by atoms with Crippen LogP contribution in [0.1, 0.15) is 17.3 Å². The van der Waals surface area contributed by atoms with Gasteiger partial charge in [-0.3, -0.25) is 19.1 Å². The zero-order valence-corrected chi connectivity index (χ0v) is 21.4. The maximum atomic E-state index is 13.4. The van der Waals surface area contributed by atoms with Crippen molar-refractivity contribution >= 4 is 29.1 Å². The summed E-state index contributed by atoms with van der Waals surface area (Å²) in [7, 11) is 0. The maximum Gasteiger partial charge on any atom is 0.254 e. The van der Waals surface area contributed by atoms with Crippen molar-refractivity contribution in [3.05, 3.63) is 123 Å². The predicted octanol–water partition coefficient (Wildman–Crippen LogP) is 4.29. The van der Waals surface area contributed by atoms with Gasteiger partial charge in [0.25, 0.3) is 5.56 Å². The Kier molecular flexibility index (Phi) is 7.57. The molecule has 0 bridgehead atoms. The Morgan fingerprint density at radius 2 is 1.79 bits per heavy atom. The van der Waals surface area contributed by atoms with Crippen LogP contribution in [-0.2, 0) is 17.8 Å². The van der Waals surface area contributed by atoms with Crippen molar-refractivity contribution in [1.82, 2.24) is 34.8 Å². The number of hydrogen-bond acceptors (Lipinski definition) is 6. The molecule has 1 atom stereocenters. The average Bonchev–Trinajstić information content (AvgIpc) is 3.37. The Bertz CT molecular complexity index is 1620. The van der Waals surface area contributed by atoms with Crippen molar-refractivity contribution in [1.29, 1.82) is 0 Å². The summed E-state index contributed by atoms with van der Waals surface area (Å²) in [4.78, 5) is 35.5. The molecule has 190 valence electrons. The molecule has 1 unspecified atom stereocenters. The molecule has 0 aliphatic rings. The Labute approximate surface area is 227 Å². The first-order chi connectivity index (χ1) is 18.5. The van der Waals surface area contributed by atoms with Gasteiger partial charge < -0.3 is 5.32 Å². The minimum Gasteiger partial charge on any atom is -0.349 e. The molecule has 3 aromatic heterocycles. The summed E-state index contributed by atoms with van der Waals surface area (Å²) < 4.78 is 2.81. The van der Waals surface area contributed by atoms with E-state index in [-0.39, 0.29) is 17.6 Å². The highest BCUT2D eigenvalue weighted by Gasteiger charge is 2.23. The SMILES string of the molecule is O=C(NCc1ccccn1)C(Cc1ccccc1)n1cnc(-c2cc(Cl)ccc2-n2cc(Cl)nn2)cc1=O. The second-order valence-corrected chi connectivity index (χ2v) is 9.24. The van der Waals surface area contributed by atoms with Crippen LogP contribution in [0.4, 0.5) is 0 Å². The molecule has 11 heteroatoms. The lowest BCUT2D eigenvalue weighted by molar-refractivity contribution is -0.124. The molecule has 0 aliphatic carbocycles. The standard InChI is InChI=1S/C27H21Cl2N7O2/c28-19-9-10-23(36-16-25(29)33-34-36)21(13-19)22-14-26(37)35(17-32-22)24(12-18-6-2-1-3-7-18)27(38)31-15-20-8-4-5-11-30-20/h1-11,13-14,16-17,24H,12,15H2,(H,31,38). The number of nitrogens with zero attached hydrogens (tertiary/aromatic N) is 6. The quantitative estimate of drug-likeness (QED) is 0.311. The zero-order chi connectivity index (χ0) is 26.5. The van der Waals surface area contributed by atoms with Crippen molar-refractivity contribution in [3.8, 4) is 16.9 Å². The molecule has 0 aliphatic heterocycles. The van der Waals surface area contributed by atoms with E-state index in [0.29, 0.717) is 34.1 Å². The number of rotatable bonds is 8. The summed E-state index contributed by atoms with van der Waals surface area (Å²) in [5.41, 5.74) is 2.73. The van der Waals surface area contributed by atoms with Crippen LogP contribution in [-0.4, -0.2) is 35.4 Å². The molecule has 3 heterocycles. The van der Waals surface area contributed by atoms with Gasteiger partial charge in [-0.1, -0.05) is 64.8 Å². The normalized spacial score (nSPS) is 11.7. The fourth-order valence-corrected chi connectivity index (χ4v) is 4.32. The molecule has 1 N–H and O–H groups in total. The lowest BCUT2D eigenvalue weighted by atomic mass is 10.0. The summed E-state index contributed by atoms with van der Waals surface area (Å²) >= 11 is 12.2. The van der Waals surface area contributed by atoms with Crippen LogP contribution in [0.2, 0.25) is 10.2 Å². The van der Waals surface area contributed by atoms with Gasteiger partial charge in [0, 0.05) is 29.3 Å². The van der Waals surface area contributed by atoms with E-state index in [2.05, 4.69) is 25.6 Å². The summed E-state index contributed by atoms with van der Waals surface area (Å²) in [6.07, 6.45) is 4.88. The minimum atomic E-state index is -0.830. The Balaban J connectivity index is 1.49. The van der Waals surface area contributed by atoms with Crippen LogP contribution in [0.25, 0.3) is 16.9 Å². The van der Waals surface area contributed by atoms with Gasteiger partial charge in [0.2, 0.25) is 5.91 Å². The first-order valence-electron chi connectivity index (χ1n) is 11.7. The Morgan fingerprint density at radius 1 is 0.974 bits per heavy atom. The van der Waals surface area contributed by atoms with E-state index in [1.807, 2.05) is 42.5 Å². The van der Waals surface area contributed by atoms with Gasteiger partial charge in [0.1, 0.15) is 6.04 Å². The Hall–Kier alpha value is -4.34. The number of carbonyl (C=O) groups is 1. The van der Waals surface area contributed by atoms with Crippen molar-refractivity contribution < 1.29 is 4.79 Å². The largest absolute Gasteiger partial charge is 0.349 e. The fraction of sp³-hybridized carbons (Fsp3) is 0.111. The zero-order valence-electron chi connectivity index (χ0n) is 19.9. The number of nitrogens with one attached hydrogen (secondary N) is 1. The molecule has 0 fully saturated rings. The molecule has 9 nitrogen and oxygen atoms in total. The van der Waals surface area contributed by atoms with E-state index in [1.165, 1.54) is 27.8 Å². The Morgan fingerprint density at radius 3 is 2.50 bits per heavy atom. The van der Waals surface area contributed by atoms with E-state index in [1.54, 1.807) is 30.5 Å². The van der Waals surface area contributed by atoms with Crippen molar-refractivity contribution in [2.45, 2.75) is 19.0 Å². The lowest BCUT2D eigenvalue weighted by Gasteiger charge is -2.20. The summed E-state index contributed by atoms with van der Waals surface area (Å²) in [5, 5.41) is 11.4. The molecule has 0 spiro atoms. The van der Waals surface area contributed by atoms with Crippen LogP contribution >= 0.6 is 23.2 Å². The van der Waals surface area contributed by atoms with Crippen molar-refractivity contribution in [3.63, 3.8) is 0 Å². The van der Waals surface area contributed by atoms with Crippen LogP contribution < -0.4 is 10.9 Å². The monoisotopic (exact) mass is 545 g/mol. The third-order valence-corrected chi connectivity index (χ3v) is 6.27. The maximum absolute atomic E-state index is 13.4. The van der Waals surface area contributed by atoms with Gasteiger partial charge in [0.05, 0.1) is 36.1 Å². The number of pyridine rings is 1. The number of benzene rings is 2. The predicted molar refractivity (Wildman–Crippen MR) is 144 cm³/mol. The number of halogens is 2. The van der Waals surface area contributed by atoms with E-state index in [0.717, 1.165) is 5.56 Å². The van der Waals surface area contributed by atoms with Crippen molar-refractivity contribution in [2.24, 2.45) is 0 Å². The third kappa shape index (κ3) is 5.80. The van der Waals surface area contributed by atoms with E-state index in [9.17, 15) is 9.59 Å². The van der Waals surface area contributed by atoms with E-state index in [4.69, 9.17) is 23.2 Å². The summed E-state index contributed by atoms with van der Waals surface area (Å²) in [5.74, 6) is -0.322. The highest BCUT2D eigenvalue weighted by Crippen LogP contribution is 2.28. The second kappa shape index (κ2) is 11.4. The molecule has 38 heavy (non-hydrogen) atoms. The van der Waals surface area contributed by atoms with E-state index < -0.39 is 11.6 Å². The smallest absolute Gasteiger partial charge is 0.254 e. The molecule has 0 saturated carbocycles. The first kappa shape index (κ1) is 25.3. The molecular formula is C27H21Cl2N7O2. The van der Waals surface area contributed by atoms with Gasteiger partial charge in [-0.15, -0.1) is 5.10 Å². The van der Waals surface area contributed by atoms with Crippen LogP contribution in [0, 0.1) is 0 Å². The molecule has 1 amide bonds. The van der Waals surface area contributed by atoms with Crippen molar-refractivity contribution in [2.75, 3.05) is 0 Å². The van der Waals surface area contributed by atoms with Crippen LogP contribution in [0.5, 0.6) is 0 Å². The number of aromatic nitrogens is 6. The third-order valence-electron chi connectivity index (χ3n) is 5.86. The summed E-state index contributed by atoms with van der Waals surface area (Å²) in [6, 6.07) is 20.6. The number of carbonyl (C=O) groups excluding carboxylic acids is 1. The second-order valence-electron chi connectivity index (χ2n) is 8.41. The number of hydrogen-bond donors (Lipinski definition) is 1. The molecule has 2 aromatic carbocycles. The van der Waals surface area contributed by atoms with Crippen LogP contribution in [0.3, 0.4) is 0 Å². The van der Waals surface area contributed by atoms with Crippen LogP contribution in [0.15, 0.2) is 96.3 Å². The van der Waals surface area contributed by atoms with Gasteiger partial charge in [-0.25, -0.2) is 9.67 Å². The van der Waals surface area contributed by atoms with Gasteiger partial charge in [0.15, 0.2) is 5.15 Å². The number of amides is 1. The lowest BCUT2D eigenvalue weighted by Crippen LogP contribution is -2.38. The fourth-order valence-electron chi connectivity index (χ4n) is 4.02. The average molecular weight is 546 g/mol. The molecule has 0 saturated heterocycles. The van der Waals surface area contributed by atoms with Gasteiger partial charge >= 0.3 is 0 Å². The molecule has 5 rings (SSSR count). The van der Waals surface area contributed by atoms with Gasteiger partial charge in [-0.05, 0) is 35.9 Å². The molecule has 0 radical (unpaired) electrons. The highest BCUT2D eigenvalue weighted by molar-refractivity contribution is 6.31. The summed E-state index contributed by atoms with van der Waals surface area (Å²) in [6.45, 7) is 0.234. The topological polar surface area (TPSA) is 108 Å². The first-order valence-corrected chi connectivity index (χ1v) is 12.4. The highest BCUT2D eigenvalue weighted by atomic mass is 35.5.